The van der Waals surface area contributed by atoms with Crippen LogP contribution in [-0.2, 0) is 27.8 Å². The molecule has 44 heavy (non-hydrogen) atoms. The van der Waals surface area contributed by atoms with Gasteiger partial charge in [0.25, 0.3) is 5.91 Å². The molecular formula is C28H45N7O8S. The molecule has 0 spiro atoms. The third-order valence-electron chi connectivity index (χ3n) is 7.76. The molecule has 1 aliphatic rings. The maximum absolute atomic E-state index is 13.2. The highest BCUT2D eigenvalue weighted by atomic mass is 32.2. The number of aliphatic hydroxyl groups excluding tert-OH is 4. The van der Waals surface area contributed by atoms with Gasteiger partial charge >= 0.3 is 0 Å². The Hall–Kier alpha value is -2.83. The van der Waals surface area contributed by atoms with Gasteiger partial charge in [-0.05, 0) is 37.8 Å². The van der Waals surface area contributed by atoms with E-state index in [0.717, 1.165) is 24.8 Å². The Bertz CT molecular complexity index is 1370. The number of aliphatic hydroxyl groups is 5. The number of nitrogens with zero attached hydrogens (tertiary/aromatic N) is 4. The zero-order valence-corrected chi connectivity index (χ0v) is 26.3. The minimum Gasteiger partial charge on any atom is -0.395 e. The van der Waals surface area contributed by atoms with Crippen molar-refractivity contribution in [1.82, 2.24) is 30.5 Å². The van der Waals surface area contributed by atoms with Crippen LogP contribution in [0.5, 0.6) is 0 Å². The molecule has 8 N–H and O–H groups in total. The summed E-state index contributed by atoms with van der Waals surface area (Å²) in [4.78, 5) is 13.2. The van der Waals surface area contributed by atoms with Gasteiger partial charge in [0.05, 0.1) is 66.9 Å². The van der Waals surface area contributed by atoms with E-state index in [1.807, 2.05) is 0 Å². The molecular weight excluding hydrogens is 594 g/mol. The number of amides is 1. The first-order valence-electron chi connectivity index (χ1n) is 14.7. The second kappa shape index (κ2) is 15.4. The molecule has 0 aliphatic carbocycles. The lowest BCUT2D eigenvalue weighted by molar-refractivity contribution is -0.155. The van der Waals surface area contributed by atoms with Crippen LogP contribution in [0.2, 0.25) is 0 Å². The summed E-state index contributed by atoms with van der Waals surface area (Å²) in [6.45, 7) is 5.84. The van der Waals surface area contributed by atoms with E-state index >= 15 is 0 Å². The van der Waals surface area contributed by atoms with Gasteiger partial charge in [-0.25, -0.2) is 23.2 Å². The fraction of sp³-hybridized carbons (Fsp3) is 0.643. The summed E-state index contributed by atoms with van der Waals surface area (Å²) in [6.07, 6.45) is 0.503. The van der Waals surface area contributed by atoms with Crippen LogP contribution in [0.1, 0.15) is 57.0 Å². The van der Waals surface area contributed by atoms with Crippen molar-refractivity contribution in [3.8, 4) is 0 Å². The molecule has 0 radical (unpaired) electrons. The van der Waals surface area contributed by atoms with E-state index in [9.17, 15) is 38.7 Å². The average molecular weight is 640 g/mol. The van der Waals surface area contributed by atoms with E-state index < -0.39 is 64.4 Å². The van der Waals surface area contributed by atoms with Crippen molar-refractivity contribution >= 4 is 22.1 Å². The molecule has 1 aliphatic heterocycles. The van der Waals surface area contributed by atoms with E-state index in [1.165, 1.54) is 23.0 Å². The lowest BCUT2D eigenvalue weighted by Crippen LogP contribution is -2.61. The summed E-state index contributed by atoms with van der Waals surface area (Å²) < 4.78 is 29.4. The van der Waals surface area contributed by atoms with Crippen molar-refractivity contribution in [3.05, 3.63) is 41.2 Å². The maximum Gasteiger partial charge on any atom is 0.276 e. The molecule has 15 nitrogen and oxygen atoms in total. The Kier molecular flexibility index (Phi) is 12.5. The van der Waals surface area contributed by atoms with E-state index in [-0.39, 0.29) is 18.0 Å². The zero-order valence-electron chi connectivity index (χ0n) is 25.5. The first kappa shape index (κ1) is 35.6. The van der Waals surface area contributed by atoms with Crippen molar-refractivity contribution in [1.29, 1.82) is 0 Å². The van der Waals surface area contributed by atoms with Crippen LogP contribution in [0.3, 0.4) is 0 Å². The van der Waals surface area contributed by atoms with Gasteiger partial charge in [-0.15, -0.1) is 5.10 Å². The van der Waals surface area contributed by atoms with Crippen molar-refractivity contribution in [3.63, 3.8) is 0 Å². The SMILES string of the molecule is CCCCCc1nnn(C[C@H]2N[C@H](CO)[C@@H](O)[C@@H]2O)c1/C=N/NC(=O)C(O)(CNS(=O)(=O)c1ccc(C)cc1)C(O)C(C)C. The lowest BCUT2D eigenvalue weighted by Gasteiger charge is -2.33. The number of hydrazone groups is 1. The molecule has 0 bridgehead atoms. The molecule has 16 heteroatoms. The number of unbranched alkanes of at least 4 members (excludes halogenated alkanes) is 2. The van der Waals surface area contributed by atoms with Crippen molar-refractivity contribution in [2.24, 2.45) is 11.0 Å². The molecule has 0 saturated carbocycles. The van der Waals surface area contributed by atoms with Gasteiger partial charge in [0, 0.05) is 0 Å². The minimum absolute atomic E-state index is 0.0571. The van der Waals surface area contributed by atoms with Crippen molar-refractivity contribution in [2.45, 2.75) is 101 Å². The summed E-state index contributed by atoms with van der Waals surface area (Å²) in [5.41, 5.74) is 1.43. The van der Waals surface area contributed by atoms with Crippen LogP contribution < -0.4 is 15.5 Å². The molecule has 2 unspecified atom stereocenters. The van der Waals surface area contributed by atoms with Gasteiger partial charge in [0.2, 0.25) is 10.0 Å². The summed E-state index contributed by atoms with van der Waals surface area (Å²) in [7, 11) is -4.13. The van der Waals surface area contributed by atoms with Crippen molar-refractivity contribution in [2.75, 3.05) is 13.2 Å². The molecule has 6 atom stereocenters. The number of carbonyl (C=O) groups is 1. The zero-order chi connectivity index (χ0) is 32.7. The summed E-state index contributed by atoms with van der Waals surface area (Å²) in [5, 5.41) is 67.5. The molecule has 3 rings (SSSR count). The Morgan fingerprint density at radius 3 is 2.43 bits per heavy atom. The normalized spacial score (nSPS) is 22.9. The van der Waals surface area contributed by atoms with E-state index in [0.29, 0.717) is 17.8 Å². The van der Waals surface area contributed by atoms with E-state index in [1.54, 1.807) is 32.9 Å². The number of nitrogens with one attached hydrogen (secondary N) is 3. The third-order valence-corrected chi connectivity index (χ3v) is 9.18. The van der Waals surface area contributed by atoms with Crippen LogP contribution in [0.15, 0.2) is 34.3 Å². The molecule has 2 aromatic rings. The van der Waals surface area contributed by atoms with Gasteiger partial charge in [-0.1, -0.05) is 56.5 Å². The standard InChI is InChI=1S/C28H45N7O8S/c1-5-6-7-8-20-23(35(34-32-20)14-21-24(37)25(38)22(15-36)31-21)13-29-33-27(40)28(41,26(39)17(2)3)16-30-44(42,43)19-11-9-18(4)10-12-19/h9-13,17,21-22,24-26,30-31,36-39,41H,5-8,14-16H2,1-4H3,(H,33,40)/b29-13+/t21-,22-,24-,25-,26?,28?/m1/s1. The molecule has 2 heterocycles. The molecule has 1 fully saturated rings. The highest BCUT2D eigenvalue weighted by molar-refractivity contribution is 7.89. The van der Waals surface area contributed by atoms with Crippen molar-refractivity contribution < 1.29 is 38.7 Å². The van der Waals surface area contributed by atoms with Crippen LogP contribution >= 0.6 is 0 Å². The summed E-state index contributed by atoms with van der Waals surface area (Å²) in [5.74, 6) is -1.77. The molecule has 246 valence electrons. The van der Waals surface area contributed by atoms with Crippen LogP contribution in [0, 0.1) is 12.8 Å². The molecule has 1 aromatic carbocycles. The first-order valence-corrected chi connectivity index (χ1v) is 16.2. The second-order valence-corrected chi connectivity index (χ2v) is 13.3. The fourth-order valence-electron chi connectivity index (χ4n) is 4.93. The van der Waals surface area contributed by atoms with Crippen LogP contribution in [0.4, 0.5) is 0 Å². The van der Waals surface area contributed by atoms with Gasteiger partial charge in [-0.3, -0.25) is 4.79 Å². The molecule has 1 amide bonds. The highest BCUT2D eigenvalue weighted by Gasteiger charge is 2.46. The monoisotopic (exact) mass is 639 g/mol. The second-order valence-electron chi connectivity index (χ2n) is 11.6. The number of sulfonamides is 1. The Morgan fingerprint density at radius 2 is 1.84 bits per heavy atom. The van der Waals surface area contributed by atoms with Crippen LogP contribution in [0.25, 0.3) is 0 Å². The fourth-order valence-corrected chi connectivity index (χ4v) is 6.01. The topological polar surface area (TPSA) is 232 Å². The minimum atomic E-state index is -4.13. The largest absolute Gasteiger partial charge is 0.395 e. The predicted molar refractivity (Wildman–Crippen MR) is 161 cm³/mol. The number of carbonyl (C=O) groups excluding carboxylic acids is 1. The predicted octanol–water partition coefficient (Wildman–Crippen LogP) is -1.45. The number of hydrogen-bond acceptors (Lipinski definition) is 12. The van der Waals surface area contributed by atoms with E-state index in [4.69, 9.17) is 0 Å². The van der Waals surface area contributed by atoms with Gasteiger partial charge in [0.1, 0.15) is 5.69 Å². The third kappa shape index (κ3) is 8.45. The first-order chi connectivity index (χ1) is 20.7. The summed E-state index contributed by atoms with van der Waals surface area (Å²) in [6, 6.07) is 4.62. The smallest absolute Gasteiger partial charge is 0.276 e. The van der Waals surface area contributed by atoms with Gasteiger partial charge < -0.3 is 30.8 Å². The number of benzene rings is 1. The number of hydrogen-bond donors (Lipinski definition) is 8. The van der Waals surface area contributed by atoms with E-state index in [2.05, 4.69) is 37.8 Å². The Labute approximate surface area is 257 Å². The number of aryl methyl sites for hydroxylation is 2. The Morgan fingerprint density at radius 1 is 1.18 bits per heavy atom. The maximum atomic E-state index is 13.2. The van der Waals surface area contributed by atoms with Crippen LogP contribution in [-0.4, -0.2) is 110 Å². The molecule has 1 saturated heterocycles. The lowest BCUT2D eigenvalue weighted by atomic mass is 9.88. The number of rotatable bonds is 16. The average Bonchev–Trinajstić information content (AvgIpc) is 3.50. The Balaban J connectivity index is 1.81. The highest BCUT2D eigenvalue weighted by Crippen LogP contribution is 2.21. The molecule has 1 aromatic heterocycles. The summed E-state index contributed by atoms with van der Waals surface area (Å²) >= 11 is 0. The van der Waals surface area contributed by atoms with Gasteiger partial charge in [0.15, 0.2) is 5.60 Å². The quantitative estimate of drug-likeness (QED) is 0.0601. The number of aromatic nitrogens is 3. The van der Waals surface area contributed by atoms with Gasteiger partial charge in [-0.2, -0.15) is 5.10 Å².